The topological polar surface area (TPSA) is 73.6 Å². The molecule has 0 unspecified atom stereocenters. The molecule has 0 saturated heterocycles. The van der Waals surface area contributed by atoms with Crippen LogP contribution in [0.4, 0.5) is 0 Å². The van der Waals surface area contributed by atoms with E-state index >= 15 is 0 Å². The van der Waals surface area contributed by atoms with Crippen LogP contribution in [0.1, 0.15) is 6.42 Å². The fourth-order valence-electron chi connectivity index (χ4n) is 0.979. The van der Waals surface area contributed by atoms with E-state index in [2.05, 4.69) is 4.99 Å². The van der Waals surface area contributed by atoms with Gasteiger partial charge in [-0.15, -0.1) is 0 Å². The number of aliphatic imine (C=N–C) groups is 1. The Morgan fingerprint density at radius 1 is 1.21 bits per heavy atom. The van der Waals surface area contributed by atoms with E-state index in [9.17, 15) is 0 Å². The molecule has 0 aliphatic rings. The monoisotopic (exact) mass is 193 g/mol. The molecule has 1 aromatic carbocycles. The largest absolute Gasteiger partial charge is 0.494 e. The van der Waals surface area contributed by atoms with Crippen molar-refractivity contribution in [2.24, 2.45) is 16.5 Å². The molecule has 0 atom stereocenters. The van der Waals surface area contributed by atoms with Crippen LogP contribution in [0.3, 0.4) is 0 Å². The van der Waals surface area contributed by atoms with E-state index in [1.165, 1.54) is 0 Å². The normalized spacial score (nSPS) is 9.43. The molecule has 0 aliphatic heterocycles. The first-order chi connectivity index (χ1) is 6.79. The summed E-state index contributed by atoms with van der Waals surface area (Å²) >= 11 is 0. The highest BCUT2D eigenvalue weighted by Gasteiger charge is 1.90. The van der Waals surface area contributed by atoms with Crippen LogP contribution >= 0.6 is 0 Å². The van der Waals surface area contributed by atoms with Gasteiger partial charge >= 0.3 is 0 Å². The molecular formula is C10H15N3O. The van der Waals surface area contributed by atoms with Gasteiger partial charge in [0.25, 0.3) is 0 Å². The van der Waals surface area contributed by atoms with Crippen molar-refractivity contribution in [1.82, 2.24) is 0 Å². The van der Waals surface area contributed by atoms with Gasteiger partial charge in [0.2, 0.25) is 0 Å². The minimum Gasteiger partial charge on any atom is -0.494 e. The number of para-hydroxylation sites is 1. The number of rotatable bonds is 5. The van der Waals surface area contributed by atoms with E-state index in [0.29, 0.717) is 13.2 Å². The number of nitrogens with two attached hydrogens (primary N) is 2. The highest BCUT2D eigenvalue weighted by atomic mass is 16.5. The van der Waals surface area contributed by atoms with Crippen molar-refractivity contribution >= 4 is 5.96 Å². The molecule has 0 fully saturated rings. The molecule has 14 heavy (non-hydrogen) atoms. The number of hydrogen-bond donors (Lipinski definition) is 2. The highest BCUT2D eigenvalue weighted by Crippen LogP contribution is 2.08. The Hall–Kier alpha value is -1.71. The van der Waals surface area contributed by atoms with Crippen molar-refractivity contribution in [2.75, 3.05) is 13.2 Å². The van der Waals surface area contributed by atoms with Gasteiger partial charge in [0, 0.05) is 13.0 Å². The summed E-state index contributed by atoms with van der Waals surface area (Å²) in [6.45, 7) is 1.23. The van der Waals surface area contributed by atoms with Gasteiger partial charge in [-0.2, -0.15) is 0 Å². The highest BCUT2D eigenvalue weighted by molar-refractivity contribution is 5.75. The summed E-state index contributed by atoms with van der Waals surface area (Å²) in [4.78, 5) is 3.85. The summed E-state index contributed by atoms with van der Waals surface area (Å²) in [7, 11) is 0. The predicted molar refractivity (Wildman–Crippen MR) is 57.2 cm³/mol. The fourth-order valence-corrected chi connectivity index (χ4v) is 0.979. The van der Waals surface area contributed by atoms with E-state index in [0.717, 1.165) is 12.2 Å². The molecule has 0 amide bonds. The molecule has 1 aromatic rings. The SMILES string of the molecule is NC(N)=NCCCOc1ccccc1. The molecule has 0 aromatic heterocycles. The third-order valence-corrected chi connectivity index (χ3v) is 1.61. The third-order valence-electron chi connectivity index (χ3n) is 1.61. The standard InChI is InChI=1S/C10H15N3O/c11-10(12)13-7-4-8-14-9-5-2-1-3-6-9/h1-3,5-6H,4,7-8H2,(H4,11,12,13). The molecule has 0 heterocycles. The van der Waals surface area contributed by atoms with Crippen LogP contribution in [0.15, 0.2) is 35.3 Å². The molecule has 4 nitrogen and oxygen atoms in total. The Balaban J connectivity index is 2.14. The zero-order chi connectivity index (χ0) is 10.2. The van der Waals surface area contributed by atoms with Gasteiger partial charge in [0.15, 0.2) is 5.96 Å². The second-order valence-corrected chi connectivity index (χ2v) is 2.82. The van der Waals surface area contributed by atoms with E-state index in [1.807, 2.05) is 30.3 Å². The fraction of sp³-hybridized carbons (Fsp3) is 0.300. The van der Waals surface area contributed by atoms with E-state index < -0.39 is 0 Å². The second kappa shape index (κ2) is 5.85. The lowest BCUT2D eigenvalue weighted by atomic mass is 10.3. The summed E-state index contributed by atoms with van der Waals surface area (Å²) in [6, 6.07) is 9.66. The zero-order valence-electron chi connectivity index (χ0n) is 8.02. The Morgan fingerprint density at radius 2 is 1.93 bits per heavy atom. The second-order valence-electron chi connectivity index (χ2n) is 2.82. The smallest absolute Gasteiger partial charge is 0.185 e. The van der Waals surface area contributed by atoms with Crippen molar-refractivity contribution in [3.8, 4) is 5.75 Å². The average molecular weight is 193 g/mol. The van der Waals surface area contributed by atoms with Gasteiger partial charge in [-0.1, -0.05) is 18.2 Å². The molecule has 76 valence electrons. The van der Waals surface area contributed by atoms with Gasteiger partial charge in [0.1, 0.15) is 5.75 Å². The first-order valence-corrected chi connectivity index (χ1v) is 4.52. The molecular weight excluding hydrogens is 178 g/mol. The molecule has 0 radical (unpaired) electrons. The molecule has 0 bridgehead atoms. The van der Waals surface area contributed by atoms with Crippen LogP contribution in [0.5, 0.6) is 5.75 Å². The van der Waals surface area contributed by atoms with Crippen LogP contribution < -0.4 is 16.2 Å². The average Bonchev–Trinajstić information content (AvgIpc) is 2.18. The third kappa shape index (κ3) is 4.35. The minimum atomic E-state index is 0.129. The van der Waals surface area contributed by atoms with Crippen LogP contribution in [-0.4, -0.2) is 19.1 Å². The van der Waals surface area contributed by atoms with E-state index in [1.54, 1.807) is 0 Å². The van der Waals surface area contributed by atoms with Crippen LogP contribution in [0.25, 0.3) is 0 Å². The van der Waals surface area contributed by atoms with Gasteiger partial charge in [-0.25, -0.2) is 0 Å². The van der Waals surface area contributed by atoms with E-state index in [4.69, 9.17) is 16.2 Å². The van der Waals surface area contributed by atoms with Gasteiger partial charge < -0.3 is 16.2 Å². The van der Waals surface area contributed by atoms with E-state index in [-0.39, 0.29) is 5.96 Å². The van der Waals surface area contributed by atoms with Crippen molar-refractivity contribution in [2.45, 2.75) is 6.42 Å². The Bertz CT molecular complexity index is 281. The molecule has 4 N–H and O–H groups in total. The minimum absolute atomic E-state index is 0.129. The zero-order valence-corrected chi connectivity index (χ0v) is 8.02. The maximum absolute atomic E-state index is 5.44. The number of nitrogens with zero attached hydrogens (tertiary/aromatic N) is 1. The van der Waals surface area contributed by atoms with Crippen molar-refractivity contribution in [1.29, 1.82) is 0 Å². The summed E-state index contributed by atoms with van der Waals surface area (Å²) in [5, 5.41) is 0. The maximum Gasteiger partial charge on any atom is 0.185 e. The van der Waals surface area contributed by atoms with Crippen molar-refractivity contribution in [3.05, 3.63) is 30.3 Å². The number of hydrogen-bond acceptors (Lipinski definition) is 2. The molecule has 0 spiro atoms. The number of ether oxygens (including phenoxy) is 1. The Kier molecular flexibility index (Phi) is 4.34. The predicted octanol–water partition coefficient (Wildman–Crippen LogP) is 0.729. The Morgan fingerprint density at radius 3 is 2.57 bits per heavy atom. The quantitative estimate of drug-likeness (QED) is 0.411. The van der Waals surface area contributed by atoms with Crippen molar-refractivity contribution < 1.29 is 4.74 Å². The first kappa shape index (κ1) is 10.4. The van der Waals surface area contributed by atoms with Gasteiger partial charge in [-0.05, 0) is 12.1 Å². The molecule has 4 heteroatoms. The first-order valence-electron chi connectivity index (χ1n) is 4.52. The lowest BCUT2D eigenvalue weighted by Crippen LogP contribution is -2.23. The maximum atomic E-state index is 5.44. The lowest BCUT2D eigenvalue weighted by Gasteiger charge is -2.03. The number of guanidine groups is 1. The van der Waals surface area contributed by atoms with Gasteiger partial charge in [-0.3, -0.25) is 4.99 Å². The van der Waals surface area contributed by atoms with Crippen LogP contribution in [-0.2, 0) is 0 Å². The van der Waals surface area contributed by atoms with Gasteiger partial charge in [0.05, 0.1) is 6.61 Å². The summed E-state index contributed by atoms with van der Waals surface area (Å²) in [5.41, 5.74) is 10.3. The lowest BCUT2D eigenvalue weighted by molar-refractivity contribution is 0.313. The molecule has 0 saturated carbocycles. The molecule has 1 rings (SSSR count). The van der Waals surface area contributed by atoms with Crippen molar-refractivity contribution in [3.63, 3.8) is 0 Å². The molecule has 0 aliphatic carbocycles. The summed E-state index contributed by atoms with van der Waals surface area (Å²) in [5.74, 6) is 1.00. The Labute approximate surface area is 83.6 Å². The number of benzene rings is 1. The summed E-state index contributed by atoms with van der Waals surface area (Å²) in [6.07, 6.45) is 0.812. The van der Waals surface area contributed by atoms with Crippen LogP contribution in [0, 0.1) is 0 Å². The van der Waals surface area contributed by atoms with Crippen LogP contribution in [0.2, 0.25) is 0 Å². The summed E-state index contributed by atoms with van der Waals surface area (Å²) < 4.78 is 5.44.